The molecule has 4 nitrogen and oxygen atoms in total. The third-order valence-corrected chi connectivity index (χ3v) is 4.16. The fourth-order valence-corrected chi connectivity index (χ4v) is 3.10. The number of rotatable bonds is 6. The second-order valence-electron chi connectivity index (χ2n) is 4.49. The van der Waals surface area contributed by atoms with Gasteiger partial charge >= 0.3 is 0 Å². The summed E-state index contributed by atoms with van der Waals surface area (Å²) in [5.74, 6) is 2.25. The van der Waals surface area contributed by atoms with E-state index >= 15 is 0 Å². The third-order valence-electron chi connectivity index (χ3n) is 3.11. The molecule has 0 fully saturated rings. The van der Waals surface area contributed by atoms with Gasteiger partial charge in [0.15, 0.2) is 5.16 Å². The van der Waals surface area contributed by atoms with Crippen LogP contribution in [0.25, 0.3) is 0 Å². The van der Waals surface area contributed by atoms with Crippen molar-refractivity contribution in [3.05, 3.63) is 5.82 Å². The average molecular weight is 255 g/mol. The standard InChI is InChI=1S/C12H21N3OS/c16-9-5-2-6-10-17-12-14-13-11-7-3-1-4-8-15(11)12/h16H,1-10H2. The van der Waals surface area contributed by atoms with Crippen molar-refractivity contribution in [2.45, 2.75) is 56.6 Å². The predicted molar refractivity (Wildman–Crippen MR) is 69.2 cm³/mol. The number of thioether (sulfide) groups is 1. The van der Waals surface area contributed by atoms with Crippen LogP contribution >= 0.6 is 11.8 Å². The number of nitrogens with zero attached hydrogens (tertiary/aromatic N) is 3. The quantitative estimate of drug-likeness (QED) is 0.626. The van der Waals surface area contributed by atoms with Crippen molar-refractivity contribution < 1.29 is 5.11 Å². The molecule has 0 atom stereocenters. The van der Waals surface area contributed by atoms with Crippen molar-refractivity contribution in [2.24, 2.45) is 0 Å². The molecule has 1 aliphatic rings. The summed E-state index contributed by atoms with van der Waals surface area (Å²) in [4.78, 5) is 0. The summed E-state index contributed by atoms with van der Waals surface area (Å²) >= 11 is 1.81. The van der Waals surface area contributed by atoms with Crippen molar-refractivity contribution in [1.29, 1.82) is 0 Å². The van der Waals surface area contributed by atoms with E-state index in [0.29, 0.717) is 6.61 Å². The number of aliphatic hydroxyl groups excluding tert-OH is 1. The molecule has 96 valence electrons. The molecule has 0 unspecified atom stereocenters. The van der Waals surface area contributed by atoms with Crippen LogP contribution in [-0.4, -0.2) is 32.2 Å². The van der Waals surface area contributed by atoms with Crippen molar-refractivity contribution in [1.82, 2.24) is 14.8 Å². The van der Waals surface area contributed by atoms with Gasteiger partial charge in [-0.05, 0) is 25.7 Å². The second kappa shape index (κ2) is 7.01. The van der Waals surface area contributed by atoms with E-state index in [9.17, 15) is 0 Å². The molecule has 0 saturated carbocycles. The maximum absolute atomic E-state index is 8.71. The van der Waals surface area contributed by atoms with Gasteiger partial charge in [0.2, 0.25) is 0 Å². The zero-order valence-corrected chi connectivity index (χ0v) is 11.1. The van der Waals surface area contributed by atoms with Crippen LogP contribution in [0.1, 0.15) is 44.3 Å². The average Bonchev–Trinajstić information content (AvgIpc) is 2.59. The van der Waals surface area contributed by atoms with Gasteiger partial charge in [-0.15, -0.1) is 10.2 Å². The first-order valence-electron chi connectivity index (χ1n) is 6.57. The predicted octanol–water partition coefficient (Wildman–Crippen LogP) is 2.26. The Kier molecular flexibility index (Phi) is 5.32. The molecule has 0 bridgehead atoms. The molecular formula is C12H21N3OS. The van der Waals surface area contributed by atoms with Crippen LogP contribution in [-0.2, 0) is 13.0 Å². The Balaban J connectivity index is 1.82. The van der Waals surface area contributed by atoms with E-state index < -0.39 is 0 Å². The first kappa shape index (κ1) is 12.9. The number of aryl methyl sites for hydroxylation is 1. The van der Waals surface area contributed by atoms with Crippen LogP contribution in [0.3, 0.4) is 0 Å². The maximum atomic E-state index is 8.71. The molecule has 0 aliphatic carbocycles. The topological polar surface area (TPSA) is 50.9 Å². The van der Waals surface area contributed by atoms with E-state index in [1.54, 1.807) is 0 Å². The Morgan fingerprint density at radius 2 is 2.06 bits per heavy atom. The van der Waals surface area contributed by atoms with Crippen molar-refractivity contribution in [3.63, 3.8) is 0 Å². The Morgan fingerprint density at radius 3 is 2.94 bits per heavy atom. The number of fused-ring (bicyclic) bond motifs is 1. The van der Waals surface area contributed by atoms with Crippen LogP contribution in [0.5, 0.6) is 0 Å². The highest BCUT2D eigenvalue weighted by Crippen LogP contribution is 2.22. The summed E-state index contributed by atoms with van der Waals surface area (Å²) in [6.07, 6.45) is 8.06. The summed E-state index contributed by atoms with van der Waals surface area (Å²) in [5, 5.41) is 18.4. The Labute approximate surface area is 107 Å². The van der Waals surface area contributed by atoms with Gasteiger partial charge in [-0.3, -0.25) is 0 Å². The van der Waals surface area contributed by atoms with Crippen LogP contribution in [0.4, 0.5) is 0 Å². The first-order chi connectivity index (χ1) is 8.42. The van der Waals surface area contributed by atoms with Gasteiger partial charge in [-0.1, -0.05) is 24.6 Å². The number of aromatic nitrogens is 3. The smallest absolute Gasteiger partial charge is 0.191 e. The van der Waals surface area contributed by atoms with Gasteiger partial charge in [-0.25, -0.2) is 0 Å². The zero-order valence-electron chi connectivity index (χ0n) is 10.3. The van der Waals surface area contributed by atoms with Crippen molar-refractivity contribution >= 4 is 11.8 Å². The minimum absolute atomic E-state index is 0.311. The number of hydrogen-bond acceptors (Lipinski definition) is 4. The Bertz CT molecular complexity index is 340. The van der Waals surface area contributed by atoms with Gasteiger partial charge in [0.1, 0.15) is 5.82 Å². The minimum atomic E-state index is 0.311. The molecule has 5 heteroatoms. The highest BCUT2D eigenvalue weighted by Gasteiger charge is 2.14. The van der Waals surface area contributed by atoms with Gasteiger partial charge < -0.3 is 9.67 Å². The SMILES string of the molecule is OCCCCCSc1nnc2n1CCCCC2. The van der Waals surface area contributed by atoms with Crippen molar-refractivity contribution in [3.8, 4) is 0 Å². The summed E-state index contributed by atoms with van der Waals surface area (Å²) in [5.41, 5.74) is 0. The second-order valence-corrected chi connectivity index (χ2v) is 5.56. The summed E-state index contributed by atoms with van der Waals surface area (Å²) in [7, 11) is 0. The summed E-state index contributed by atoms with van der Waals surface area (Å²) < 4.78 is 2.30. The van der Waals surface area contributed by atoms with Gasteiger partial charge in [0.25, 0.3) is 0 Å². The fourth-order valence-electron chi connectivity index (χ4n) is 2.12. The highest BCUT2D eigenvalue weighted by atomic mass is 32.2. The molecule has 0 saturated heterocycles. The van der Waals surface area contributed by atoms with E-state index in [1.165, 1.54) is 25.1 Å². The molecule has 0 amide bonds. The largest absolute Gasteiger partial charge is 0.396 e. The minimum Gasteiger partial charge on any atom is -0.396 e. The normalized spacial score (nSPS) is 15.6. The molecule has 0 aromatic carbocycles. The molecule has 1 N–H and O–H groups in total. The Morgan fingerprint density at radius 1 is 1.12 bits per heavy atom. The van der Waals surface area contributed by atoms with Crippen LogP contribution in [0.15, 0.2) is 5.16 Å². The molecular weight excluding hydrogens is 234 g/mol. The van der Waals surface area contributed by atoms with Gasteiger partial charge in [-0.2, -0.15) is 0 Å². The molecule has 0 spiro atoms. The van der Waals surface area contributed by atoms with Gasteiger partial charge in [0.05, 0.1) is 0 Å². The van der Waals surface area contributed by atoms with E-state index in [2.05, 4.69) is 14.8 Å². The number of hydrogen-bond donors (Lipinski definition) is 1. The lowest BCUT2D eigenvalue weighted by Gasteiger charge is -2.05. The lowest BCUT2D eigenvalue weighted by Crippen LogP contribution is -2.02. The maximum Gasteiger partial charge on any atom is 0.191 e. The molecule has 1 aromatic rings. The molecule has 2 heterocycles. The summed E-state index contributed by atoms with van der Waals surface area (Å²) in [6, 6.07) is 0. The molecule has 17 heavy (non-hydrogen) atoms. The molecule has 1 aromatic heterocycles. The third kappa shape index (κ3) is 3.71. The molecule has 2 rings (SSSR count). The van der Waals surface area contributed by atoms with E-state index in [-0.39, 0.29) is 0 Å². The fraction of sp³-hybridized carbons (Fsp3) is 0.833. The van der Waals surface area contributed by atoms with Crippen LogP contribution < -0.4 is 0 Å². The highest BCUT2D eigenvalue weighted by molar-refractivity contribution is 7.99. The van der Waals surface area contributed by atoms with Crippen LogP contribution in [0.2, 0.25) is 0 Å². The van der Waals surface area contributed by atoms with E-state index in [0.717, 1.165) is 43.1 Å². The zero-order chi connectivity index (χ0) is 11.9. The Hall–Kier alpha value is -0.550. The van der Waals surface area contributed by atoms with E-state index in [4.69, 9.17) is 5.11 Å². The van der Waals surface area contributed by atoms with Gasteiger partial charge in [0, 0.05) is 25.3 Å². The lowest BCUT2D eigenvalue weighted by molar-refractivity contribution is 0.284. The molecule has 0 radical (unpaired) electrons. The number of unbranched alkanes of at least 4 members (excludes halogenated alkanes) is 2. The van der Waals surface area contributed by atoms with E-state index in [1.807, 2.05) is 11.8 Å². The summed E-state index contributed by atoms with van der Waals surface area (Å²) in [6.45, 7) is 1.40. The monoisotopic (exact) mass is 255 g/mol. The first-order valence-corrected chi connectivity index (χ1v) is 7.56. The van der Waals surface area contributed by atoms with Crippen molar-refractivity contribution in [2.75, 3.05) is 12.4 Å². The molecule has 1 aliphatic heterocycles. The lowest BCUT2D eigenvalue weighted by atomic mass is 10.2. The van der Waals surface area contributed by atoms with Crippen LogP contribution in [0, 0.1) is 0 Å². The number of aliphatic hydroxyl groups is 1.